The first-order valence-electron chi connectivity index (χ1n) is 9.97. The van der Waals surface area contributed by atoms with Crippen LogP contribution in [-0.4, -0.2) is 50.8 Å². The summed E-state index contributed by atoms with van der Waals surface area (Å²) in [6, 6.07) is 3.27. The summed E-state index contributed by atoms with van der Waals surface area (Å²) in [7, 11) is 0. The van der Waals surface area contributed by atoms with Crippen LogP contribution in [0, 0.1) is 5.82 Å². The molecule has 3 heterocycles. The van der Waals surface area contributed by atoms with Gasteiger partial charge >= 0.3 is 0 Å². The third-order valence-electron chi connectivity index (χ3n) is 5.48. The number of hydrogen-bond acceptors (Lipinski definition) is 7. The Labute approximate surface area is 181 Å². The number of aromatic nitrogens is 2. The number of hydrogen-bond donors (Lipinski definition) is 3. The number of rotatable bonds is 5. The van der Waals surface area contributed by atoms with Gasteiger partial charge in [0.05, 0.1) is 24.9 Å². The van der Waals surface area contributed by atoms with Gasteiger partial charge in [-0.1, -0.05) is 12.6 Å². The monoisotopic (exact) mass is 444 g/mol. The van der Waals surface area contributed by atoms with Crippen LogP contribution in [0.5, 0.6) is 5.75 Å². The zero-order valence-electron chi connectivity index (χ0n) is 17.0. The molecule has 0 bridgehead atoms. The summed E-state index contributed by atoms with van der Waals surface area (Å²) in [5.41, 5.74) is -0.644. The highest BCUT2D eigenvalue weighted by Crippen LogP contribution is 2.30. The van der Waals surface area contributed by atoms with Crippen molar-refractivity contribution in [3.63, 3.8) is 0 Å². The maximum absolute atomic E-state index is 13.9. The number of aliphatic hydroxyl groups is 1. The first kappa shape index (κ1) is 21.5. The van der Waals surface area contributed by atoms with Crippen molar-refractivity contribution >= 4 is 23.3 Å². The highest BCUT2D eigenvalue weighted by molar-refractivity contribution is 5.97. The third kappa shape index (κ3) is 3.71. The molecule has 4 rings (SSSR count). The van der Waals surface area contributed by atoms with Crippen molar-refractivity contribution in [2.24, 2.45) is 0 Å². The molecule has 0 aliphatic carbocycles. The largest absolute Gasteiger partial charge is 0.501 e. The summed E-state index contributed by atoms with van der Waals surface area (Å²) in [4.78, 5) is 42.8. The second-order valence-electron chi connectivity index (χ2n) is 7.46. The van der Waals surface area contributed by atoms with Gasteiger partial charge in [0.25, 0.3) is 11.5 Å². The molecular formula is C21H21FN4O6. The Morgan fingerprint density at radius 3 is 2.91 bits per heavy atom. The van der Waals surface area contributed by atoms with Crippen molar-refractivity contribution in [1.82, 2.24) is 14.9 Å². The normalized spacial score (nSPS) is 17.8. The number of nitrogens with one attached hydrogen (secondary N) is 1. The Bertz CT molecular complexity index is 1180. The van der Waals surface area contributed by atoms with Crippen LogP contribution in [0.4, 0.5) is 10.1 Å². The summed E-state index contributed by atoms with van der Waals surface area (Å²) in [6.45, 7) is 3.58. The Morgan fingerprint density at radius 1 is 1.38 bits per heavy atom. The van der Waals surface area contributed by atoms with E-state index in [1.165, 1.54) is 21.6 Å². The average Bonchev–Trinajstić information content (AvgIpc) is 3.15. The molecule has 1 aromatic carbocycles. The zero-order chi connectivity index (χ0) is 23.0. The topological polar surface area (TPSA) is 134 Å². The SMILES string of the molecule is C=C1OCCn2c1nc(C(=O)NCc1ccc(F)cc1N1C(=O)CC[C@H]1CO)c(O)c2=O. The van der Waals surface area contributed by atoms with E-state index < -0.39 is 34.8 Å². The van der Waals surface area contributed by atoms with E-state index in [-0.39, 0.29) is 55.9 Å². The van der Waals surface area contributed by atoms with E-state index in [1.807, 2.05) is 0 Å². The van der Waals surface area contributed by atoms with Gasteiger partial charge in [0.15, 0.2) is 17.3 Å². The first-order chi connectivity index (χ1) is 15.3. The predicted molar refractivity (Wildman–Crippen MR) is 110 cm³/mol. The zero-order valence-corrected chi connectivity index (χ0v) is 17.0. The standard InChI is InChI=1S/C21H21FN4O6/c1-11-19-24-17(18(29)21(31)25(19)6-7-32-11)20(30)23-9-12-2-3-13(22)8-15(12)26-14(10-27)4-5-16(26)28/h2-3,8,14,27,29H,1,4-7,9-10H2,(H,23,30)/t14-/m0/s1. The average molecular weight is 444 g/mol. The molecule has 3 N–H and O–H groups in total. The van der Waals surface area contributed by atoms with Crippen molar-refractivity contribution in [2.45, 2.75) is 32.0 Å². The molecule has 1 aromatic heterocycles. The van der Waals surface area contributed by atoms with Gasteiger partial charge in [-0.2, -0.15) is 0 Å². The number of halogens is 1. The second kappa shape index (κ2) is 8.42. The van der Waals surface area contributed by atoms with Crippen molar-refractivity contribution in [3.05, 3.63) is 58.0 Å². The van der Waals surface area contributed by atoms with Gasteiger partial charge in [0.2, 0.25) is 11.7 Å². The summed E-state index contributed by atoms with van der Waals surface area (Å²) >= 11 is 0. The molecule has 32 heavy (non-hydrogen) atoms. The molecule has 2 aliphatic heterocycles. The molecule has 0 spiro atoms. The van der Waals surface area contributed by atoms with E-state index in [0.717, 1.165) is 6.07 Å². The maximum Gasteiger partial charge on any atom is 0.297 e. The van der Waals surface area contributed by atoms with Crippen LogP contribution in [0.1, 0.15) is 34.7 Å². The van der Waals surface area contributed by atoms with Crippen LogP contribution < -0.4 is 15.8 Å². The smallest absolute Gasteiger partial charge is 0.297 e. The van der Waals surface area contributed by atoms with Gasteiger partial charge in [-0.05, 0) is 24.1 Å². The summed E-state index contributed by atoms with van der Waals surface area (Å²) < 4.78 is 20.4. The number of amides is 2. The Kier molecular flexibility index (Phi) is 5.66. The highest BCUT2D eigenvalue weighted by Gasteiger charge is 2.33. The minimum Gasteiger partial charge on any atom is -0.501 e. The summed E-state index contributed by atoms with van der Waals surface area (Å²) in [5, 5.41) is 22.3. The van der Waals surface area contributed by atoms with E-state index in [1.54, 1.807) is 0 Å². The quantitative estimate of drug-likeness (QED) is 0.612. The van der Waals surface area contributed by atoms with Gasteiger partial charge in [-0.25, -0.2) is 9.37 Å². The first-order valence-corrected chi connectivity index (χ1v) is 9.97. The molecule has 0 unspecified atom stereocenters. The van der Waals surface area contributed by atoms with Crippen molar-refractivity contribution in [1.29, 1.82) is 0 Å². The number of benzene rings is 1. The summed E-state index contributed by atoms with van der Waals surface area (Å²) in [6.07, 6.45) is 0.650. The van der Waals surface area contributed by atoms with E-state index in [0.29, 0.717) is 12.0 Å². The molecule has 10 nitrogen and oxygen atoms in total. The van der Waals surface area contributed by atoms with Crippen LogP contribution in [0.3, 0.4) is 0 Å². The van der Waals surface area contributed by atoms with Crippen molar-refractivity contribution in [3.8, 4) is 5.75 Å². The number of aliphatic hydroxyl groups excluding tert-OH is 1. The summed E-state index contributed by atoms with van der Waals surface area (Å²) in [5.74, 6) is -2.35. The minimum atomic E-state index is -0.844. The van der Waals surface area contributed by atoms with Crippen molar-refractivity contribution < 1.29 is 28.9 Å². The number of carbonyl (C=O) groups is 2. The fraction of sp³-hybridized carbons (Fsp3) is 0.333. The Hall–Kier alpha value is -3.73. The molecule has 1 atom stereocenters. The van der Waals surface area contributed by atoms with Crippen LogP contribution in [0.2, 0.25) is 0 Å². The van der Waals surface area contributed by atoms with Gasteiger partial charge in [0.1, 0.15) is 12.4 Å². The Balaban J connectivity index is 1.62. The van der Waals surface area contributed by atoms with Crippen LogP contribution in [0.15, 0.2) is 29.6 Å². The number of fused-ring (bicyclic) bond motifs is 1. The van der Waals surface area contributed by atoms with Gasteiger partial charge in [-0.15, -0.1) is 0 Å². The van der Waals surface area contributed by atoms with E-state index >= 15 is 0 Å². The van der Waals surface area contributed by atoms with Gasteiger partial charge in [0, 0.05) is 13.0 Å². The third-order valence-corrected chi connectivity index (χ3v) is 5.48. The van der Waals surface area contributed by atoms with Crippen LogP contribution >= 0.6 is 0 Å². The lowest BCUT2D eigenvalue weighted by molar-refractivity contribution is -0.117. The van der Waals surface area contributed by atoms with E-state index in [4.69, 9.17) is 4.74 Å². The number of aromatic hydroxyl groups is 1. The molecule has 2 aromatic rings. The number of ether oxygens (including phenoxy) is 1. The lowest BCUT2D eigenvalue weighted by Crippen LogP contribution is -2.37. The fourth-order valence-electron chi connectivity index (χ4n) is 3.87. The van der Waals surface area contributed by atoms with Gasteiger partial charge < -0.3 is 25.2 Å². The Morgan fingerprint density at radius 2 is 2.16 bits per heavy atom. The fourth-order valence-corrected chi connectivity index (χ4v) is 3.87. The number of anilines is 1. The predicted octanol–water partition coefficient (Wildman–Crippen LogP) is 0.507. The highest BCUT2D eigenvalue weighted by atomic mass is 19.1. The molecule has 1 saturated heterocycles. The molecule has 2 aliphatic rings. The van der Waals surface area contributed by atoms with Crippen molar-refractivity contribution in [2.75, 3.05) is 18.1 Å². The maximum atomic E-state index is 13.9. The van der Waals surface area contributed by atoms with E-state index in [9.17, 15) is 29.0 Å². The molecule has 0 radical (unpaired) electrons. The molecule has 1 fully saturated rings. The molecular weight excluding hydrogens is 423 g/mol. The molecule has 168 valence electrons. The molecule has 11 heteroatoms. The van der Waals surface area contributed by atoms with Gasteiger partial charge in [-0.3, -0.25) is 19.0 Å². The van der Waals surface area contributed by atoms with Crippen LogP contribution in [-0.2, 0) is 22.6 Å². The van der Waals surface area contributed by atoms with Crippen LogP contribution in [0.25, 0.3) is 5.76 Å². The molecule has 0 saturated carbocycles. The minimum absolute atomic E-state index is 0.0418. The lowest BCUT2D eigenvalue weighted by Gasteiger charge is -2.26. The lowest BCUT2D eigenvalue weighted by atomic mass is 10.1. The molecule has 2 amide bonds. The number of carbonyl (C=O) groups excluding carboxylic acids is 2. The van der Waals surface area contributed by atoms with E-state index in [2.05, 4.69) is 16.9 Å². The number of nitrogens with zero attached hydrogens (tertiary/aromatic N) is 3. The second-order valence-corrected chi connectivity index (χ2v) is 7.46.